The number of ether oxygens (including phenoxy) is 1. The Morgan fingerprint density at radius 2 is 1.62 bits per heavy atom. The first-order valence-corrected chi connectivity index (χ1v) is 15.6. The molecule has 5 rings (SSSR count). The van der Waals surface area contributed by atoms with Crippen LogP contribution in [-0.2, 0) is 30.9 Å². The van der Waals surface area contributed by atoms with Gasteiger partial charge in [0.25, 0.3) is 0 Å². The maximum atomic E-state index is 13.8. The van der Waals surface area contributed by atoms with Gasteiger partial charge in [-0.05, 0) is 85.1 Å². The van der Waals surface area contributed by atoms with Crippen LogP contribution in [0.5, 0.6) is 5.75 Å². The van der Waals surface area contributed by atoms with Crippen LogP contribution in [0.3, 0.4) is 0 Å². The number of hydrogen-bond acceptors (Lipinski definition) is 7. The van der Waals surface area contributed by atoms with Gasteiger partial charge in [0, 0.05) is 3.57 Å². The summed E-state index contributed by atoms with van der Waals surface area (Å²) in [6, 6.07) is 18.8. The molecule has 3 aromatic carbocycles. The number of aliphatic hydroxyl groups is 1. The van der Waals surface area contributed by atoms with E-state index >= 15 is 0 Å². The van der Waals surface area contributed by atoms with Crippen LogP contribution < -0.4 is 14.5 Å². The smallest absolute Gasteiger partial charge is 0.493 e. The number of aliphatic carboxylic acids is 1. The van der Waals surface area contributed by atoms with Crippen LogP contribution in [0.15, 0.2) is 84.9 Å². The minimum absolute atomic E-state index is 0.126. The third-order valence-corrected chi connectivity index (χ3v) is 9.96. The summed E-state index contributed by atoms with van der Waals surface area (Å²) < 4.78 is 47.9. The molecule has 0 spiro atoms. The van der Waals surface area contributed by atoms with Gasteiger partial charge >= 0.3 is 23.3 Å². The lowest BCUT2D eigenvalue weighted by molar-refractivity contribution is -0.141. The first kappa shape index (κ1) is 30.2. The summed E-state index contributed by atoms with van der Waals surface area (Å²) in [4.78, 5) is 12.5. The third-order valence-electron chi connectivity index (χ3n) is 7.60. The first-order valence-electron chi connectivity index (χ1n) is 13.1. The molecule has 0 radical (unpaired) electrons. The first-order chi connectivity index (χ1) is 19.7. The molecule has 1 saturated heterocycles. The minimum Gasteiger partial charge on any atom is -0.493 e. The lowest BCUT2D eigenvalue weighted by Crippen LogP contribution is -2.41. The Kier molecular flexibility index (Phi) is 7.98. The molecular weight excluding hydrogens is 674 g/mol. The Hall–Kier alpha value is -3.27. The van der Waals surface area contributed by atoms with E-state index in [2.05, 4.69) is 22.6 Å². The Morgan fingerprint density at radius 3 is 2.21 bits per heavy atom. The van der Waals surface area contributed by atoms with Gasteiger partial charge in [-0.2, -0.15) is 8.42 Å². The topological polar surface area (TPSA) is 126 Å². The van der Waals surface area contributed by atoms with Gasteiger partial charge in [0.15, 0.2) is 6.04 Å². The quantitative estimate of drug-likeness (QED) is 0.255. The second-order valence-electron chi connectivity index (χ2n) is 11.0. The predicted molar refractivity (Wildman–Crippen MR) is 166 cm³/mol. The van der Waals surface area contributed by atoms with E-state index in [1.165, 1.54) is 12.1 Å². The molecule has 13 heteroatoms. The molecule has 1 fully saturated rings. The predicted octanol–water partition coefficient (Wildman–Crippen LogP) is 4.72. The maximum Gasteiger partial charge on any atom is 0.494 e. The highest BCUT2D eigenvalue weighted by atomic mass is 127. The fourth-order valence-electron chi connectivity index (χ4n) is 4.61. The standard InChI is InChI=1S/C29H30BIN2O8S/c1-28(2)29(3,4)41-30(40-28)21-12-10-20(11-13-21)26(27(35)36)33-25(34)17-32(42(33,37)38)23-15-14-22(31)16-24(23)39-18-19-8-6-5-7-9-19/h5-17,26,34H,18H2,1-4H3,(H,35,36). The molecule has 1 unspecified atom stereocenters. The molecule has 0 bridgehead atoms. The zero-order valence-electron chi connectivity index (χ0n) is 23.4. The molecule has 2 aliphatic rings. The normalized spacial score (nSPS) is 19.5. The van der Waals surface area contributed by atoms with Crippen molar-refractivity contribution in [3.8, 4) is 5.75 Å². The van der Waals surface area contributed by atoms with Gasteiger partial charge in [0.05, 0.1) is 17.4 Å². The average Bonchev–Trinajstić information content (AvgIpc) is 3.29. The fourth-order valence-corrected chi connectivity index (χ4v) is 6.66. The van der Waals surface area contributed by atoms with Gasteiger partial charge in [-0.15, -0.1) is 0 Å². The second kappa shape index (κ2) is 11.1. The Bertz CT molecular complexity index is 1620. The molecule has 220 valence electrons. The fraction of sp³-hybridized carbons (Fsp3) is 0.276. The molecule has 0 saturated carbocycles. The summed E-state index contributed by atoms with van der Waals surface area (Å²) in [7, 11) is -5.26. The molecule has 0 amide bonds. The van der Waals surface area contributed by atoms with Crippen LogP contribution in [0.2, 0.25) is 0 Å². The molecule has 42 heavy (non-hydrogen) atoms. The highest BCUT2D eigenvalue weighted by Crippen LogP contribution is 2.41. The number of benzene rings is 3. The van der Waals surface area contributed by atoms with Crippen molar-refractivity contribution in [3.05, 3.63) is 99.6 Å². The molecule has 3 aromatic rings. The molecule has 2 heterocycles. The van der Waals surface area contributed by atoms with Crippen LogP contribution in [0.25, 0.3) is 0 Å². The summed E-state index contributed by atoms with van der Waals surface area (Å²) >= 11 is 2.08. The van der Waals surface area contributed by atoms with E-state index in [9.17, 15) is 23.4 Å². The Morgan fingerprint density at radius 1 is 1.00 bits per heavy atom. The van der Waals surface area contributed by atoms with Gasteiger partial charge in [0.2, 0.25) is 5.88 Å². The number of nitrogens with zero attached hydrogens (tertiary/aromatic N) is 2. The zero-order valence-corrected chi connectivity index (χ0v) is 26.4. The summed E-state index contributed by atoms with van der Waals surface area (Å²) in [5.41, 5.74) is 0.649. The van der Waals surface area contributed by atoms with Crippen LogP contribution in [0, 0.1) is 3.57 Å². The van der Waals surface area contributed by atoms with Crippen LogP contribution in [0.1, 0.15) is 44.9 Å². The van der Waals surface area contributed by atoms with E-state index < -0.39 is 46.4 Å². The maximum absolute atomic E-state index is 13.8. The van der Waals surface area contributed by atoms with Gasteiger partial charge in [0.1, 0.15) is 18.0 Å². The number of carboxylic acids is 1. The van der Waals surface area contributed by atoms with Crippen molar-refractivity contribution >= 4 is 57.0 Å². The average molecular weight is 704 g/mol. The summed E-state index contributed by atoms with van der Waals surface area (Å²) in [5, 5.41) is 21.0. The Labute approximate surface area is 259 Å². The van der Waals surface area contributed by atoms with Crippen molar-refractivity contribution in [1.29, 1.82) is 0 Å². The van der Waals surface area contributed by atoms with Gasteiger partial charge in [-0.3, -0.25) is 0 Å². The zero-order chi connectivity index (χ0) is 30.4. The van der Waals surface area contributed by atoms with Crippen LogP contribution in [-0.4, -0.2) is 47.2 Å². The molecule has 0 aromatic heterocycles. The monoisotopic (exact) mass is 704 g/mol. The molecule has 10 nitrogen and oxygen atoms in total. The van der Waals surface area contributed by atoms with E-state index in [4.69, 9.17) is 14.0 Å². The molecular formula is C29H30BIN2O8S. The van der Waals surface area contributed by atoms with Crippen LogP contribution in [0.4, 0.5) is 5.69 Å². The number of aliphatic hydroxyl groups excluding tert-OH is 1. The van der Waals surface area contributed by atoms with Gasteiger partial charge in [-0.1, -0.05) is 54.6 Å². The van der Waals surface area contributed by atoms with E-state index in [-0.39, 0.29) is 23.6 Å². The van der Waals surface area contributed by atoms with Crippen molar-refractivity contribution in [3.63, 3.8) is 0 Å². The number of carbonyl (C=O) groups is 1. The number of halogens is 1. The third kappa shape index (κ3) is 5.57. The van der Waals surface area contributed by atoms with E-state index in [1.807, 2.05) is 58.0 Å². The van der Waals surface area contributed by atoms with E-state index in [0.717, 1.165) is 19.6 Å². The van der Waals surface area contributed by atoms with Gasteiger partial charge in [-0.25, -0.2) is 13.4 Å². The Balaban J connectivity index is 1.44. The number of rotatable bonds is 8. The summed E-state index contributed by atoms with van der Waals surface area (Å²) in [5.74, 6) is -1.96. The van der Waals surface area contributed by atoms with E-state index in [0.29, 0.717) is 9.77 Å². The van der Waals surface area contributed by atoms with Gasteiger partial charge < -0.3 is 24.3 Å². The van der Waals surface area contributed by atoms with Crippen molar-refractivity contribution in [2.24, 2.45) is 0 Å². The minimum atomic E-state index is -4.59. The van der Waals surface area contributed by atoms with Crippen molar-refractivity contribution < 1.29 is 37.5 Å². The molecule has 2 N–H and O–H groups in total. The number of hydrogen-bond donors (Lipinski definition) is 2. The van der Waals surface area contributed by atoms with Crippen LogP contribution >= 0.6 is 22.6 Å². The molecule has 2 aliphatic heterocycles. The number of anilines is 1. The largest absolute Gasteiger partial charge is 0.494 e. The summed E-state index contributed by atoms with van der Waals surface area (Å²) in [6.07, 6.45) is 0.974. The van der Waals surface area contributed by atoms with E-state index in [1.54, 1.807) is 30.3 Å². The SMILES string of the molecule is CC1(C)OB(c2ccc(C(C(=O)O)N3C(O)=CN(c4ccc(I)cc4OCc4ccccc4)S3(=O)=O)cc2)OC1(C)C. The summed E-state index contributed by atoms with van der Waals surface area (Å²) in [6.45, 7) is 7.87. The van der Waals surface area contributed by atoms with Crippen molar-refractivity contribution in [2.45, 2.75) is 51.5 Å². The highest BCUT2D eigenvalue weighted by Gasteiger charge is 2.52. The molecule has 1 atom stereocenters. The van der Waals surface area contributed by atoms with Crippen molar-refractivity contribution in [2.75, 3.05) is 4.31 Å². The lowest BCUT2D eigenvalue weighted by atomic mass is 9.78. The lowest BCUT2D eigenvalue weighted by Gasteiger charge is -2.32. The second-order valence-corrected chi connectivity index (χ2v) is 13.9. The number of carboxylic acid groups (broad SMARTS) is 1. The molecule has 0 aliphatic carbocycles. The highest BCUT2D eigenvalue weighted by molar-refractivity contribution is 14.1. The van der Waals surface area contributed by atoms with Crippen molar-refractivity contribution in [1.82, 2.24) is 4.31 Å².